The van der Waals surface area contributed by atoms with E-state index in [4.69, 9.17) is 28.3 Å². The number of halogens is 3. The van der Waals surface area contributed by atoms with E-state index in [1.165, 1.54) is 18.2 Å². The number of hydrogen-bond donors (Lipinski definition) is 2. The number of carboxylic acids is 1. The van der Waals surface area contributed by atoms with E-state index < -0.39 is 11.9 Å². The Morgan fingerprint density at radius 1 is 1.25 bits per heavy atom. The van der Waals surface area contributed by atoms with Crippen molar-refractivity contribution in [3.8, 4) is 0 Å². The Balaban J connectivity index is 2.26. The standard InChI is InChI=1S/C12H6Cl2INO3S/c13-5-3-6(10(15)7(14)4-5)11(17)16-9-2-1-8(20-9)12(18)19/h1-4H,(H,16,17)(H,18,19). The quantitative estimate of drug-likeness (QED) is 0.539. The van der Waals surface area contributed by atoms with Crippen LogP contribution in [-0.4, -0.2) is 17.0 Å². The Hall–Kier alpha value is -0.830. The van der Waals surface area contributed by atoms with E-state index in [1.54, 1.807) is 6.07 Å². The summed E-state index contributed by atoms with van der Waals surface area (Å²) in [5.74, 6) is -1.42. The minimum atomic E-state index is -1.03. The van der Waals surface area contributed by atoms with Gasteiger partial charge in [-0.05, 0) is 46.9 Å². The Labute approximate surface area is 141 Å². The van der Waals surface area contributed by atoms with Crippen LogP contribution in [0.15, 0.2) is 24.3 Å². The van der Waals surface area contributed by atoms with Gasteiger partial charge < -0.3 is 10.4 Å². The van der Waals surface area contributed by atoms with Crippen LogP contribution in [0.5, 0.6) is 0 Å². The summed E-state index contributed by atoms with van der Waals surface area (Å²) in [6, 6.07) is 6.02. The summed E-state index contributed by atoms with van der Waals surface area (Å²) in [5, 5.41) is 12.6. The molecule has 4 nitrogen and oxygen atoms in total. The largest absolute Gasteiger partial charge is 0.477 e. The molecule has 0 saturated carbocycles. The number of thiophene rings is 1. The molecule has 1 aromatic heterocycles. The van der Waals surface area contributed by atoms with Crippen molar-refractivity contribution in [3.63, 3.8) is 0 Å². The van der Waals surface area contributed by atoms with Gasteiger partial charge in [-0.3, -0.25) is 4.79 Å². The maximum absolute atomic E-state index is 12.1. The summed E-state index contributed by atoms with van der Waals surface area (Å²) in [6.45, 7) is 0. The van der Waals surface area contributed by atoms with Gasteiger partial charge in [0.25, 0.3) is 5.91 Å². The Bertz CT molecular complexity index is 702. The highest BCUT2D eigenvalue weighted by atomic mass is 127. The molecule has 2 aromatic rings. The summed E-state index contributed by atoms with van der Waals surface area (Å²) in [4.78, 5) is 23.1. The van der Waals surface area contributed by atoms with Gasteiger partial charge in [0.1, 0.15) is 4.88 Å². The SMILES string of the molecule is O=C(O)c1ccc(NC(=O)c2cc(Cl)cc(Cl)c2I)s1. The summed E-state index contributed by atoms with van der Waals surface area (Å²) in [5.41, 5.74) is 0.341. The number of amides is 1. The third-order valence-electron chi connectivity index (χ3n) is 2.29. The van der Waals surface area contributed by atoms with E-state index >= 15 is 0 Å². The second kappa shape index (κ2) is 6.30. The van der Waals surface area contributed by atoms with Crippen molar-refractivity contribution < 1.29 is 14.7 Å². The van der Waals surface area contributed by atoms with Crippen molar-refractivity contribution in [1.82, 2.24) is 0 Å². The first-order valence-electron chi connectivity index (χ1n) is 5.17. The fourth-order valence-electron chi connectivity index (χ4n) is 1.42. The van der Waals surface area contributed by atoms with E-state index in [0.717, 1.165) is 11.3 Å². The lowest BCUT2D eigenvalue weighted by atomic mass is 10.2. The van der Waals surface area contributed by atoms with Crippen LogP contribution >= 0.6 is 57.1 Å². The molecule has 0 spiro atoms. The molecule has 0 saturated heterocycles. The Morgan fingerprint density at radius 3 is 2.55 bits per heavy atom. The van der Waals surface area contributed by atoms with E-state index in [-0.39, 0.29) is 4.88 Å². The van der Waals surface area contributed by atoms with Gasteiger partial charge in [-0.25, -0.2) is 4.79 Å². The highest BCUT2D eigenvalue weighted by Crippen LogP contribution is 2.28. The highest BCUT2D eigenvalue weighted by Gasteiger charge is 2.16. The molecule has 1 aromatic carbocycles. The van der Waals surface area contributed by atoms with Gasteiger partial charge in [0, 0.05) is 8.59 Å². The third kappa shape index (κ3) is 3.43. The number of carbonyl (C=O) groups is 2. The fraction of sp³-hybridized carbons (Fsp3) is 0. The molecule has 0 aliphatic carbocycles. The van der Waals surface area contributed by atoms with E-state index in [1.807, 2.05) is 22.6 Å². The van der Waals surface area contributed by atoms with E-state index in [2.05, 4.69) is 5.32 Å². The molecule has 0 fully saturated rings. The molecule has 8 heteroatoms. The molecule has 2 N–H and O–H groups in total. The Morgan fingerprint density at radius 2 is 1.95 bits per heavy atom. The van der Waals surface area contributed by atoms with Gasteiger partial charge in [-0.15, -0.1) is 11.3 Å². The topological polar surface area (TPSA) is 66.4 Å². The normalized spacial score (nSPS) is 10.3. The lowest BCUT2D eigenvalue weighted by Gasteiger charge is -2.07. The fourth-order valence-corrected chi connectivity index (χ4v) is 3.21. The van der Waals surface area contributed by atoms with Gasteiger partial charge in [-0.2, -0.15) is 0 Å². The smallest absolute Gasteiger partial charge is 0.345 e. The molecule has 2 rings (SSSR count). The third-order valence-corrected chi connectivity index (χ3v) is 5.28. The molecule has 0 atom stereocenters. The zero-order valence-corrected chi connectivity index (χ0v) is 14.1. The number of nitrogens with one attached hydrogen (secondary N) is 1. The number of rotatable bonds is 3. The van der Waals surface area contributed by atoms with Crippen LogP contribution in [0.2, 0.25) is 10.0 Å². The van der Waals surface area contributed by atoms with E-state index in [0.29, 0.717) is 24.2 Å². The molecule has 0 unspecified atom stereocenters. The van der Waals surface area contributed by atoms with Crippen LogP contribution < -0.4 is 5.32 Å². The maximum Gasteiger partial charge on any atom is 0.345 e. The van der Waals surface area contributed by atoms with Crippen LogP contribution in [0.1, 0.15) is 20.0 Å². The predicted molar refractivity (Wildman–Crippen MR) is 88.4 cm³/mol. The molecule has 0 aliphatic rings. The summed E-state index contributed by atoms with van der Waals surface area (Å²) in [7, 11) is 0. The second-order valence-electron chi connectivity index (χ2n) is 3.67. The van der Waals surface area contributed by atoms with Crippen molar-refractivity contribution in [2.24, 2.45) is 0 Å². The van der Waals surface area contributed by atoms with Crippen molar-refractivity contribution in [3.05, 3.63) is 48.3 Å². The van der Waals surface area contributed by atoms with Crippen LogP contribution in [-0.2, 0) is 0 Å². The molecule has 1 amide bonds. The zero-order valence-electron chi connectivity index (χ0n) is 9.62. The predicted octanol–water partition coefficient (Wildman–Crippen LogP) is 4.61. The highest BCUT2D eigenvalue weighted by molar-refractivity contribution is 14.1. The molecule has 0 bridgehead atoms. The van der Waals surface area contributed by atoms with Gasteiger partial charge >= 0.3 is 5.97 Å². The van der Waals surface area contributed by atoms with Gasteiger partial charge in [-0.1, -0.05) is 23.2 Å². The first-order valence-corrected chi connectivity index (χ1v) is 7.82. The van der Waals surface area contributed by atoms with Crippen LogP contribution in [0, 0.1) is 3.57 Å². The first kappa shape index (κ1) is 15.6. The number of benzene rings is 1. The van der Waals surface area contributed by atoms with Gasteiger partial charge in [0.15, 0.2) is 0 Å². The number of aromatic carboxylic acids is 1. The molecule has 104 valence electrons. The van der Waals surface area contributed by atoms with Gasteiger partial charge in [0.2, 0.25) is 0 Å². The minimum absolute atomic E-state index is 0.152. The second-order valence-corrected chi connectivity index (χ2v) is 6.68. The lowest BCUT2D eigenvalue weighted by molar-refractivity contribution is 0.0702. The first-order chi connectivity index (χ1) is 9.38. The molecular weight excluding hydrogens is 436 g/mol. The molecule has 20 heavy (non-hydrogen) atoms. The van der Waals surface area contributed by atoms with Crippen LogP contribution in [0.4, 0.5) is 5.00 Å². The van der Waals surface area contributed by atoms with Crippen LogP contribution in [0.3, 0.4) is 0 Å². The molecule has 0 aliphatic heterocycles. The monoisotopic (exact) mass is 441 g/mol. The summed E-state index contributed by atoms with van der Waals surface area (Å²) in [6.07, 6.45) is 0. The number of anilines is 1. The van der Waals surface area contributed by atoms with Crippen LogP contribution in [0.25, 0.3) is 0 Å². The summed E-state index contributed by atoms with van der Waals surface area (Å²) < 4.78 is 0.584. The maximum atomic E-state index is 12.1. The molecular formula is C12H6Cl2INO3S. The average Bonchev–Trinajstić information content (AvgIpc) is 2.82. The Kier molecular flexibility index (Phi) is 4.90. The van der Waals surface area contributed by atoms with Crippen molar-refractivity contribution in [2.75, 3.05) is 5.32 Å². The number of carbonyl (C=O) groups excluding carboxylic acids is 1. The number of hydrogen-bond acceptors (Lipinski definition) is 3. The zero-order chi connectivity index (χ0) is 14.9. The van der Waals surface area contributed by atoms with Crippen molar-refractivity contribution >= 4 is 74.0 Å². The van der Waals surface area contributed by atoms with Gasteiger partial charge in [0.05, 0.1) is 15.6 Å². The van der Waals surface area contributed by atoms with Crippen molar-refractivity contribution in [1.29, 1.82) is 0 Å². The van der Waals surface area contributed by atoms with E-state index in [9.17, 15) is 9.59 Å². The summed E-state index contributed by atoms with van der Waals surface area (Å²) >= 11 is 14.8. The molecule has 0 radical (unpaired) electrons. The number of carboxylic acid groups (broad SMARTS) is 1. The average molecular weight is 442 g/mol. The van der Waals surface area contributed by atoms with Crippen molar-refractivity contribution in [2.45, 2.75) is 0 Å². The minimum Gasteiger partial charge on any atom is -0.477 e. The lowest BCUT2D eigenvalue weighted by Crippen LogP contribution is -2.12. The molecule has 1 heterocycles.